The molecule has 3 rings (SSSR count). The minimum atomic E-state index is -0.484. The summed E-state index contributed by atoms with van der Waals surface area (Å²) in [7, 11) is 0. The lowest BCUT2D eigenvalue weighted by molar-refractivity contribution is -0.384. The molecule has 0 saturated heterocycles. The van der Waals surface area contributed by atoms with Crippen LogP contribution in [0.25, 0.3) is 16.5 Å². The van der Waals surface area contributed by atoms with Crippen LogP contribution in [-0.2, 0) is 4.79 Å². The number of thiophene rings is 1. The van der Waals surface area contributed by atoms with Gasteiger partial charge in [-0.05, 0) is 42.3 Å². The standard InChI is InChI=1S/C21H15N3O3S/c1-14-5-2-3-8-19(14)23-21(25)16(13-22)12-18-9-10-20(28-18)15-6-4-7-17(11-15)24(26)27/h2-12H,1H3,(H,23,25)/b16-12+. The molecule has 1 aromatic heterocycles. The van der Waals surface area contributed by atoms with Gasteiger partial charge in [0.2, 0.25) is 0 Å². The van der Waals surface area contributed by atoms with Crippen LogP contribution in [0.2, 0.25) is 0 Å². The maximum absolute atomic E-state index is 12.4. The molecule has 0 aliphatic carbocycles. The third-order valence-corrected chi connectivity index (χ3v) is 5.09. The first-order valence-electron chi connectivity index (χ1n) is 8.31. The fourth-order valence-corrected chi connectivity index (χ4v) is 3.50. The van der Waals surface area contributed by atoms with Crippen LogP contribution in [-0.4, -0.2) is 10.8 Å². The second-order valence-corrected chi connectivity index (χ2v) is 7.06. The average Bonchev–Trinajstić information content (AvgIpc) is 3.16. The van der Waals surface area contributed by atoms with Crippen LogP contribution in [0.15, 0.2) is 66.2 Å². The van der Waals surface area contributed by atoms with E-state index in [0.29, 0.717) is 16.1 Å². The summed E-state index contributed by atoms with van der Waals surface area (Å²) in [5, 5.41) is 23.1. The molecule has 0 fully saturated rings. The number of nitrogens with zero attached hydrogens (tertiary/aromatic N) is 2. The van der Waals surface area contributed by atoms with Gasteiger partial charge < -0.3 is 5.32 Å². The van der Waals surface area contributed by atoms with Gasteiger partial charge in [-0.25, -0.2) is 0 Å². The summed E-state index contributed by atoms with van der Waals surface area (Å²) in [6.07, 6.45) is 1.51. The number of hydrogen-bond donors (Lipinski definition) is 1. The number of benzene rings is 2. The Labute approximate surface area is 165 Å². The Hall–Kier alpha value is -3.76. The molecule has 0 aliphatic heterocycles. The molecule has 7 heteroatoms. The van der Waals surface area contributed by atoms with Crippen molar-refractivity contribution in [3.8, 4) is 16.5 Å². The highest BCUT2D eigenvalue weighted by Gasteiger charge is 2.12. The first kappa shape index (κ1) is 19.0. The highest BCUT2D eigenvalue weighted by molar-refractivity contribution is 7.16. The minimum absolute atomic E-state index is 0.0123. The molecule has 2 aromatic carbocycles. The first-order chi connectivity index (χ1) is 13.5. The first-order valence-corrected chi connectivity index (χ1v) is 9.13. The molecule has 0 spiro atoms. The number of aryl methyl sites for hydroxylation is 1. The molecule has 6 nitrogen and oxygen atoms in total. The van der Waals surface area contributed by atoms with Crippen LogP contribution >= 0.6 is 11.3 Å². The highest BCUT2D eigenvalue weighted by atomic mass is 32.1. The number of nitro groups is 1. The topological polar surface area (TPSA) is 96.0 Å². The Morgan fingerprint density at radius 3 is 2.68 bits per heavy atom. The Balaban J connectivity index is 1.83. The number of nitrogens with one attached hydrogen (secondary N) is 1. The van der Waals surface area contributed by atoms with Gasteiger partial charge in [0.05, 0.1) is 4.92 Å². The summed E-state index contributed by atoms with van der Waals surface area (Å²) in [6.45, 7) is 1.87. The molecule has 3 aromatic rings. The van der Waals surface area contributed by atoms with Crippen molar-refractivity contribution < 1.29 is 9.72 Å². The van der Waals surface area contributed by atoms with E-state index in [0.717, 1.165) is 10.4 Å². The third kappa shape index (κ3) is 4.31. The molecular weight excluding hydrogens is 374 g/mol. The van der Waals surface area contributed by atoms with Gasteiger partial charge in [-0.3, -0.25) is 14.9 Å². The Morgan fingerprint density at radius 1 is 1.18 bits per heavy atom. The van der Waals surface area contributed by atoms with Gasteiger partial charge in [-0.15, -0.1) is 11.3 Å². The Bertz CT molecular complexity index is 1130. The predicted octanol–water partition coefficient (Wildman–Crippen LogP) is 5.18. The van der Waals surface area contributed by atoms with E-state index in [9.17, 15) is 20.2 Å². The molecule has 28 heavy (non-hydrogen) atoms. The van der Waals surface area contributed by atoms with Crippen LogP contribution in [0.3, 0.4) is 0 Å². The summed E-state index contributed by atoms with van der Waals surface area (Å²) < 4.78 is 0. The van der Waals surface area contributed by atoms with Gasteiger partial charge in [0.25, 0.3) is 11.6 Å². The van der Waals surface area contributed by atoms with Crippen LogP contribution in [0.5, 0.6) is 0 Å². The summed E-state index contributed by atoms with van der Waals surface area (Å²) in [5.74, 6) is -0.484. The number of carbonyl (C=O) groups excluding carboxylic acids is 1. The maximum Gasteiger partial charge on any atom is 0.270 e. The van der Waals surface area contributed by atoms with Crippen molar-refractivity contribution in [2.75, 3.05) is 5.32 Å². The van der Waals surface area contributed by atoms with Crippen molar-refractivity contribution in [2.45, 2.75) is 6.92 Å². The molecule has 1 N–H and O–H groups in total. The Morgan fingerprint density at radius 2 is 1.96 bits per heavy atom. The van der Waals surface area contributed by atoms with E-state index in [4.69, 9.17) is 0 Å². The summed E-state index contributed by atoms with van der Waals surface area (Å²) in [4.78, 5) is 24.4. The number of rotatable bonds is 5. The molecule has 0 bridgehead atoms. The van der Waals surface area contributed by atoms with E-state index in [2.05, 4.69) is 5.32 Å². The zero-order valence-electron chi connectivity index (χ0n) is 14.9. The van der Waals surface area contributed by atoms with Gasteiger partial charge in [0, 0.05) is 27.6 Å². The quantitative estimate of drug-likeness (QED) is 0.281. The van der Waals surface area contributed by atoms with Gasteiger partial charge in [0.15, 0.2) is 0 Å². The van der Waals surface area contributed by atoms with Gasteiger partial charge in [-0.2, -0.15) is 5.26 Å². The second-order valence-electron chi connectivity index (χ2n) is 5.95. The van der Waals surface area contributed by atoms with E-state index in [1.165, 1.54) is 29.5 Å². The van der Waals surface area contributed by atoms with Crippen LogP contribution in [0, 0.1) is 28.4 Å². The summed E-state index contributed by atoms with van der Waals surface area (Å²) >= 11 is 1.35. The lowest BCUT2D eigenvalue weighted by Crippen LogP contribution is -2.14. The van der Waals surface area contributed by atoms with Crippen molar-refractivity contribution in [1.82, 2.24) is 0 Å². The van der Waals surface area contributed by atoms with E-state index >= 15 is 0 Å². The zero-order chi connectivity index (χ0) is 20.1. The lowest BCUT2D eigenvalue weighted by Gasteiger charge is -2.06. The van der Waals surface area contributed by atoms with Crippen LogP contribution in [0.1, 0.15) is 10.4 Å². The molecule has 0 saturated carbocycles. The minimum Gasteiger partial charge on any atom is -0.321 e. The van der Waals surface area contributed by atoms with E-state index in [1.54, 1.807) is 24.3 Å². The monoisotopic (exact) mass is 389 g/mol. The van der Waals surface area contributed by atoms with Crippen LogP contribution < -0.4 is 5.32 Å². The van der Waals surface area contributed by atoms with Gasteiger partial charge in [0.1, 0.15) is 11.6 Å². The molecule has 1 amide bonds. The number of para-hydroxylation sites is 1. The van der Waals surface area contributed by atoms with E-state index in [-0.39, 0.29) is 11.3 Å². The fraction of sp³-hybridized carbons (Fsp3) is 0.0476. The van der Waals surface area contributed by atoms with Gasteiger partial charge in [-0.1, -0.05) is 30.3 Å². The summed E-state index contributed by atoms with van der Waals surface area (Å²) in [6, 6.07) is 19.2. The van der Waals surface area contributed by atoms with E-state index in [1.807, 2.05) is 37.3 Å². The number of hydrogen-bond acceptors (Lipinski definition) is 5. The largest absolute Gasteiger partial charge is 0.321 e. The number of nitriles is 1. The van der Waals surface area contributed by atoms with E-state index < -0.39 is 10.8 Å². The fourth-order valence-electron chi connectivity index (χ4n) is 2.55. The van der Waals surface area contributed by atoms with Crippen molar-refractivity contribution in [3.63, 3.8) is 0 Å². The van der Waals surface area contributed by atoms with Crippen molar-refractivity contribution >= 4 is 34.7 Å². The molecular formula is C21H15N3O3S. The number of amides is 1. The predicted molar refractivity (Wildman–Crippen MR) is 110 cm³/mol. The smallest absolute Gasteiger partial charge is 0.270 e. The molecule has 0 radical (unpaired) electrons. The number of nitro benzene ring substituents is 1. The lowest BCUT2D eigenvalue weighted by atomic mass is 10.1. The third-order valence-electron chi connectivity index (χ3n) is 4.01. The Kier molecular flexibility index (Phi) is 5.63. The second kappa shape index (κ2) is 8.29. The molecule has 0 atom stereocenters. The summed E-state index contributed by atoms with van der Waals surface area (Å²) in [5.41, 5.74) is 2.25. The molecule has 0 unspecified atom stereocenters. The average molecular weight is 389 g/mol. The number of non-ortho nitro benzene ring substituents is 1. The number of carbonyl (C=O) groups is 1. The maximum atomic E-state index is 12.4. The van der Waals surface area contributed by atoms with Crippen LogP contribution in [0.4, 0.5) is 11.4 Å². The SMILES string of the molecule is Cc1ccccc1NC(=O)/C(C#N)=C/c1ccc(-c2cccc([N+](=O)[O-])c2)s1. The number of anilines is 1. The molecule has 0 aliphatic rings. The van der Waals surface area contributed by atoms with Crippen molar-refractivity contribution in [2.24, 2.45) is 0 Å². The molecule has 1 heterocycles. The van der Waals surface area contributed by atoms with Gasteiger partial charge >= 0.3 is 0 Å². The van der Waals surface area contributed by atoms with Crippen molar-refractivity contribution in [1.29, 1.82) is 5.26 Å². The van der Waals surface area contributed by atoms with Crippen molar-refractivity contribution in [3.05, 3.63) is 86.8 Å². The zero-order valence-corrected chi connectivity index (χ0v) is 15.7. The molecule has 138 valence electrons. The highest BCUT2D eigenvalue weighted by Crippen LogP contribution is 2.31. The normalized spacial score (nSPS) is 10.9.